The van der Waals surface area contributed by atoms with Crippen LogP contribution in [0.4, 0.5) is 0 Å². The van der Waals surface area contributed by atoms with Gasteiger partial charge in [-0.3, -0.25) is 14.8 Å². The molecule has 0 aliphatic carbocycles. The first-order valence-electron chi connectivity index (χ1n) is 7.46. The molecule has 1 aromatic rings. The van der Waals surface area contributed by atoms with Crippen LogP contribution < -0.4 is 5.48 Å². The highest BCUT2D eigenvalue weighted by molar-refractivity contribution is 5.92. The van der Waals surface area contributed by atoms with E-state index in [0.29, 0.717) is 0 Å². The highest BCUT2D eigenvalue weighted by Crippen LogP contribution is 2.09. The van der Waals surface area contributed by atoms with Crippen LogP contribution in [0, 0.1) is 0 Å². The van der Waals surface area contributed by atoms with Crippen molar-refractivity contribution in [3.63, 3.8) is 0 Å². The molecule has 0 spiro atoms. The fourth-order valence-corrected chi connectivity index (χ4v) is 2.23. The number of carbonyl (C=O) groups is 2. The van der Waals surface area contributed by atoms with E-state index in [1.165, 1.54) is 11.6 Å². The number of hydrogen-bond donors (Lipinski definition) is 2. The van der Waals surface area contributed by atoms with E-state index in [2.05, 4.69) is 11.9 Å². The highest BCUT2D eigenvalue weighted by atomic mass is 16.5. The molecule has 1 heterocycles. The van der Waals surface area contributed by atoms with Gasteiger partial charge in [-0.25, -0.2) is 5.48 Å². The Balaban J connectivity index is 1.91. The lowest BCUT2D eigenvalue weighted by Crippen LogP contribution is -2.46. The molecule has 2 rings (SSSR count). The largest absolute Gasteiger partial charge is 0.337 e. The average Bonchev–Trinajstić information content (AvgIpc) is 2.59. The van der Waals surface area contributed by atoms with E-state index in [-0.39, 0.29) is 5.91 Å². The van der Waals surface area contributed by atoms with E-state index in [9.17, 15) is 9.59 Å². The van der Waals surface area contributed by atoms with E-state index < -0.39 is 5.91 Å². The average molecular weight is 315 g/mol. The third-order valence-corrected chi connectivity index (χ3v) is 3.71. The van der Waals surface area contributed by atoms with Crippen molar-refractivity contribution in [3.8, 4) is 0 Å². The minimum atomic E-state index is -0.577. The van der Waals surface area contributed by atoms with Crippen LogP contribution in [0.1, 0.15) is 11.1 Å². The molecule has 0 aromatic heterocycles. The smallest absolute Gasteiger partial charge is 0.267 e. The number of piperazine rings is 1. The maximum absolute atomic E-state index is 12.1. The summed E-state index contributed by atoms with van der Waals surface area (Å²) in [6.07, 6.45) is 6.21. The zero-order valence-corrected chi connectivity index (χ0v) is 13.1. The number of nitrogens with zero attached hydrogens (tertiary/aromatic N) is 2. The van der Waals surface area contributed by atoms with Gasteiger partial charge in [-0.2, -0.15) is 0 Å². The SMILES string of the molecule is CN1CCN(C(=O)C=Cc2ccc(C=CC(=O)NO)cc2)CC1. The molecule has 23 heavy (non-hydrogen) atoms. The fraction of sp³-hybridized carbons (Fsp3) is 0.294. The number of hydroxylamine groups is 1. The summed E-state index contributed by atoms with van der Waals surface area (Å²) >= 11 is 0. The van der Waals surface area contributed by atoms with Crippen molar-refractivity contribution < 1.29 is 14.8 Å². The first kappa shape index (κ1) is 16.9. The van der Waals surface area contributed by atoms with Gasteiger partial charge in [0.05, 0.1) is 0 Å². The highest BCUT2D eigenvalue weighted by Gasteiger charge is 2.16. The number of nitrogens with one attached hydrogen (secondary N) is 1. The van der Waals surface area contributed by atoms with Crippen molar-refractivity contribution in [1.82, 2.24) is 15.3 Å². The van der Waals surface area contributed by atoms with E-state index in [4.69, 9.17) is 5.21 Å². The van der Waals surface area contributed by atoms with Crippen molar-refractivity contribution in [3.05, 3.63) is 47.5 Å². The van der Waals surface area contributed by atoms with Crippen molar-refractivity contribution in [1.29, 1.82) is 0 Å². The number of rotatable bonds is 4. The first-order valence-corrected chi connectivity index (χ1v) is 7.46. The van der Waals surface area contributed by atoms with E-state index in [1.54, 1.807) is 18.2 Å². The molecule has 0 bridgehead atoms. The quantitative estimate of drug-likeness (QED) is 0.494. The zero-order valence-electron chi connectivity index (χ0n) is 13.1. The molecule has 6 heteroatoms. The Labute approximate surface area is 135 Å². The Hall–Kier alpha value is -2.44. The topological polar surface area (TPSA) is 72.9 Å². The summed E-state index contributed by atoms with van der Waals surface area (Å²) in [5.41, 5.74) is 3.27. The molecular weight excluding hydrogens is 294 g/mol. The Kier molecular flexibility index (Phi) is 6.08. The fourth-order valence-electron chi connectivity index (χ4n) is 2.23. The molecule has 6 nitrogen and oxygen atoms in total. The Morgan fingerprint density at radius 3 is 2.04 bits per heavy atom. The number of hydrogen-bond acceptors (Lipinski definition) is 4. The maximum Gasteiger partial charge on any atom is 0.267 e. The summed E-state index contributed by atoms with van der Waals surface area (Å²) < 4.78 is 0. The first-order chi connectivity index (χ1) is 11.1. The Bertz CT molecular complexity index is 600. The summed E-state index contributed by atoms with van der Waals surface area (Å²) in [4.78, 5) is 27.0. The monoisotopic (exact) mass is 315 g/mol. The molecular formula is C17H21N3O3. The molecule has 2 N–H and O–H groups in total. The van der Waals surface area contributed by atoms with Gasteiger partial charge in [-0.1, -0.05) is 24.3 Å². The van der Waals surface area contributed by atoms with Gasteiger partial charge in [-0.15, -0.1) is 0 Å². The molecule has 0 saturated carbocycles. The van der Waals surface area contributed by atoms with Crippen LogP contribution in [0.2, 0.25) is 0 Å². The molecule has 122 valence electrons. The predicted octanol–water partition coefficient (Wildman–Crippen LogP) is 0.992. The lowest BCUT2D eigenvalue weighted by atomic mass is 10.1. The second-order valence-corrected chi connectivity index (χ2v) is 5.44. The predicted molar refractivity (Wildman–Crippen MR) is 88.5 cm³/mol. The summed E-state index contributed by atoms with van der Waals surface area (Å²) in [7, 11) is 2.05. The van der Waals surface area contributed by atoms with Crippen molar-refractivity contribution in [2.45, 2.75) is 0 Å². The standard InChI is InChI=1S/C17H21N3O3/c1-19-10-12-20(13-11-19)17(22)9-7-15-4-2-14(3-5-15)6-8-16(21)18-23/h2-9,23H,10-13H2,1H3,(H,18,21). The molecule has 1 fully saturated rings. The van der Waals surface area contributed by atoms with Crippen LogP contribution in [0.5, 0.6) is 0 Å². The molecule has 0 atom stereocenters. The third-order valence-electron chi connectivity index (χ3n) is 3.71. The van der Waals surface area contributed by atoms with Gasteiger partial charge in [0.1, 0.15) is 0 Å². The molecule has 1 saturated heterocycles. The van der Waals surface area contributed by atoms with Crippen LogP contribution in [-0.4, -0.2) is 60.0 Å². The molecule has 0 radical (unpaired) electrons. The Morgan fingerprint density at radius 2 is 1.52 bits per heavy atom. The summed E-state index contributed by atoms with van der Waals surface area (Å²) in [5, 5.41) is 8.40. The van der Waals surface area contributed by atoms with Gasteiger partial charge < -0.3 is 9.80 Å². The normalized spacial score (nSPS) is 16.2. The maximum atomic E-state index is 12.1. The van der Waals surface area contributed by atoms with Gasteiger partial charge in [0, 0.05) is 38.3 Å². The summed E-state index contributed by atoms with van der Waals surface area (Å²) in [6, 6.07) is 7.40. The molecule has 1 aliphatic rings. The van der Waals surface area contributed by atoms with E-state index in [1.807, 2.05) is 29.2 Å². The second-order valence-electron chi connectivity index (χ2n) is 5.44. The van der Waals surface area contributed by atoms with Crippen molar-refractivity contribution in [2.75, 3.05) is 33.2 Å². The lowest BCUT2D eigenvalue weighted by molar-refractivity contribution is -0.127. The van der Waals surface area contributed by atoms with Crippen molar-refractivity contribution >= 4 is 24.0 Å². The lowest BCUT2D eigenvalue weighted by Gasteiger charge is -2.31. The van der Waals surface area contributed by atoms with Crippen LogP contribution >= 0.6 is 0 Å². The van der Waals surface area contributed by atoms with E-state index >= 15 is 0 Å². The number of carbonyl (C=O) groups excluding carboxylic acids is 2. The van der Waals surface area contributed by atoms with Crippen LogP contribution in [0.25, 0.3) is 12.2 Å². The molecule has 1 aliphatic heterocycles. The molecule has 1 aromatic carbocycles. The Morgan fingerprint density at radius 1 is 1.00 bits per heavy atom. The minimum absolute atomic E-state index is 0.0293. The molecule has 2 amide bonds. The minimum Gasteiger partial charge on any atom is -0.337 e. The van der Waals surface area contributed by atoms with Gasteiger partial charge in [0.2, 0.25) is 5.91 Å². The summed E-state index contributed by atoms with van der Waals surface area (Å²) in [5.74, 6) is -0.548. The number of amides is 2. The summed E-state index contributed by atoms with van der Waals surface area (Å²) in [6.45, 7) is 3.33. The molecule has 0 unspecified atom stereocenters. The second kappa shape index (κ2) is 8.26. The van der Waals surface area contributed by atoms with Crippen LogP contribution in [0.15, 0.2) is 36.4 Å². The van der Waals surface area contributed by atoms with Gasteiger partial charge in [-0.05, 0) is 30.3 Å². The van der Waals surface area contributed by atoms with Crippen LogP contribution in [0.3, 0.4) is 0 Å². The number of benzene rings is 1. The van der Waals surface area contributed by atoms with Gasteiger partial charge >= 0.3 is 0 Å². The third kappa shape index (κ3) is 5.36. The van der Waals surface area contributed by atoms with Crippen molar-refractivity contribution in [2.24, 2.45) is 0 Å². The number of likely N-dealkylation sites (N-methyl/N-ethyl adjacent to an activating group) is 1. The van der Waals surface area contributed by atoms with Gasteiger partial charge in [0.25, 0.3) is 5.91 Å². The zero-order chi connectivity index (χ0) is 16.7. The van der Waals surface area contributed by atoms with Crippen LogP contribution in [-0.2, 0) is 9.59 Å². The van der Waals surface area contributed by atoms with Gasteiger partial charge in [0.15, 0.2) is 0 Å². The van der Waals surface area contributed by atoms with E-state index in [0.717, 1.165) is 37.3 Å².